The molecule has 1 aromatic rings. The van der Waals surface area contributed by atoms with E-state index in [1.165, 1.54) is 0 Å². The molecule has 104 valence electrons. The molecule has 6 heteroatoms. The van der Waals surface area contributed by atoms with Gasteiger partial charge in [-0.1, -0.05) is 0 Å². The quantitative estimate of drug-likeness (QED) is 0.837. The van der Waals surface area contributed by atoms with E-state index in [9.17, 15) is 0 Å². The number of ether oxygens (including phenoxy) is 1. The minimum Gasteiger partial charge on any atom is -0.493 e. The molecule has 1 aliphatic heterocycles. The van der Waals surface area contributed by atoms with Gasteiger partial charge in [0.2, 0.25) is 0 Å². The maximum atomic E-state index is 5.98. The van der Waals surface area contributed by atoms with Crippen molar-refractivity contribution >= 4 is 18.4 Å². The molecule has 1 aromatic heterocycles. The number of rotatable bonds is 3. The molecule has 5 nitrogen and oxygen atoms in total. The van der Waals surface area contributed by atoms with Gasteiger partial charge in [-0.3, -0.25) is 0 Å². The summed E-state index contributed by atoms with van der Waals surface area (Å²) in [6.07, 6.45) is 1.75. The van der Waals surface area contributed by atoms with E-state index in [-0.39, 0.29) is 11.2 Å². The molecular weight excluding hydrogens is 243 g/mol. The van der Waals surface area contributed by atoms with E-state index in [0.29, 0.717) is 11.6 Å². The van der Waals surface area contributed by atoms with Crippen molar-refractivity contribution in [3.8, 4) is 5.75 Å². The smallest absolute Gasteiger partial charge is 0.493 e. The average molecular weight is 264 g/mol. The number of hydrogen-bond donors (Lipinski definition) is 1. The minimum atomic E-state index is -0.419. The van der Waals surface area contributed by atoms with Gasteiger partial charge < -0.3 is 19.4 Å². The molecule has 0 saturated carbocycles. The summed E-state index contributed by atoms with van der Waals surface area (Å²) in [4.78, 5) is 4.31. The van der Waals surface area contributed by atoms with Gasteiger partial charge in [-0.05, 0) is 33.8 Å². The zero-order chi connectivity index (χ0) is 14.3. The Bertz CT molecular complexity index is 461. The molecule has 0 amide bonds. The number of nitrogens with zero attached hydrogens (tertiary/aromatic N) is 1. The van der Waals surface area contributed by atoms with E-state index in [0.717, 1.165) is 5.46 Å². The highest BCUT2D eigenvalue weighted by molar-refractivity contribution is 6.62. The van der Waals surface area contributed by atoms with Crippen LogP contribution in [0.3, 0.4) is 0 Å². The van der Waals surface area contributed by atoms with Crippen LogP contribution in [0.15, 0.2) is 12.3 Å². The van der Waals surface area contributed by atoms with Crippen molar-refractivity contribution in [3.63, 3.8) is 0 Å². The van der Waals surface area contributed by atoms with E-state index in [1.54, 1.807) is 20.4 Å². The van der Waals surface area contributed by atoms with E-state index < -0.39 is 7.12 Å². The largest absolute Gasteiger partial charge is 0.496 e. The lowest BCUT2D eigenvalue weighted by Crippen LogP contribution is -2.41. The Hall–Kier alpha value is -1.27. The highest BCUT2D eigenvalue weighted by Crippen LogP contribution is 2.36. The lowest BCUT2D eigenvalue weighted by atomic mass is 9.80. The average Bonchev–Trinajstić information content (AvgIpc) is 2.57. The third kappa shape index (κ3) is 2.42. The van der Waals surface area contributed by atoms with Gasteiger partial charge in [0.15, 0.2) is 11.6 Å². The van der Waals surface area contributed by atoms with Crippen LogP contribution in [0, 0.1) is 0 Å². The van der Waals surface area contributed by atoms with Crippen LogP contribution in [-0.4, -0.2) is 37.5 Å². The summed E-state index contributed by atoms with van der Waals surface area (Å²) in [7, 11) is 3.00. The monoisotopic (exact) mass is 264 g/mol. The van der Waals surface area contributed by atoms with Gasteiger partial charge in [0.25, 0.3) is 0 Å². The Labute approximate surface area is 114 Å². The first-order chi connectivity index (χ1) is 8.80. The molecule has 1 fully saturated rings. The molecule has 0 aromatic carbocycles. The Morgan fingerprint density at radius 2 is 1.79 bits per heavy atom. The van der Waals surface area contributed by atoms with Gasteiger partial charge in [-0.15, -0.1) is 0 Å². The van der Waals surface area contributed by atoms with Gasteiger partial charge in [0, 0.05) is 18.7 Å². The lowest BCUT2D eigenvalue weighted by molar-refractivity contribution is 0.00578. The van der Waals surface area contributed by atoms with Crippen LogP contribution in [0.2, 0.25) is 0 Å². The van der Waals surface area contributed by atoms with Crippen LogP contribution in [0.1, 0.15) is 27.7 Å². The highest BCUT2D eigenvalue weighted by Gasteiger charge is 2.51. The fourth-order valence-corrected chi connectivity index (χ4v) is 1.91. The maximum absolute atomic E-state index is 5.98. The zero-order valence-electron chi connectivity index (χ0n) is 12.4. The second-order valence-corrected chi connectivity index (χ2v) is 5.66. The Balaban J connectivity index is 2.30. The zero-order valence-corrected chi connectivity index (χ0v) is 12.4. The number of anilines is 1. The molecule has 0 unspecified atom stereocenters. The second-order valence-electron chi connectivity index (χ2n) is 5.66. The molecule has 1 N–H and O–H groups in total. The van der Waals surface area contributed by atoms with Crippen molar-refractivity contribution in [2.24, 2.45) is 0 Å². The number of methoxy groups -OCH3 is 1. The summed E-state index contributed by atoms with van der Waals surface area (Å²) in [5.74, 6) is 1.37. The Kier molecular flexibility index (Phi) is 3.49. The molecule has 1 aliphatic rings. The van der Waals surface area contributed by atoms with Crippen LogP contribution in [0.5, 0.6) is 5.75 Å². The molecular formula is C13H21BN2O3. The molecule has 2 rings (SSSR count). The van der Waals surface area contributed by atoms with Gasteiger partial charge in [0.1, 0.15) is 0 Å². The van der Waals surface area contributed by atoms with Crippen LogP contribution in [0.25, 0.3) is 0 Å². The van der Waals surface area contributed by atoms with Crippen molar-refractivity contribution in [1.29, 1.82) is 0 Å². The molecule has 0 aliphatic carbocycles. The molecule has 0 spiro atoms. The predicted molar refractivity (Wildman–Crippen MR) is 76.1 cm³/mol. The van der Waals surface area contributed by atoms with Gasteiger partial charge in [-0.2, -0.15) is 0 Å². The van der Waals surface area contributed by atoms with Crippen molar-refractivity contribution < 1.29 is 14.0 Å². The first-order valence-corrected chi connectivity index (χ1v) is 6.38. The fourth-order valence-electron chi connectivity index (χ4n) is 1.91. The van der Waals surface area contributed by atoms with E-state index in [2.05, 4.69) is 10.3 Å². The number of aromatic nitrogens is 1. The molecule has 0 bridgehead atoms. The summed E-state index contributed by atoms with van der Waals surface area (Å²) in [6.45, 7) is 8.11. The summed E-state index contributed by atoms with van der Waals surface area (Å²) < 4.78 is 17.3. The third-order valence-electron chi connectivity index (χ3n) is 3.86. The number of pyridine rings is 1. The van der Waals surface area contributed by atoms with Crippen LogP contribution >= 0.6 is 0 Å². The Morgan fingerprint density at radius 3 is 2.26 bits per heavy atom. The summed E-state index contributed by atoms with van der Waals surface area (Å²) in [5, 5.41) is 2.98. The SMILES string of the molecule is CNc1ncc(B2OC(C)(C)C(C)(C)O2)cc1OC. The van der Waals surface area contributed by atoms with E-state index >= 15 is 0 Å². The number of hydrogen-bond acceptors (Lipinski definition) is 5. The molecule has 1 saturated heterocycles. The first kappa shape index (κ1) is 14.2. The number of nitrogens with one attached hydrogen (secondary N) is 1. The van der Waals surface area contributed by atoms with Crippen molar-refractivity contribution in [3.05, 3.63) is 12.3 Å². The van der Waals surface area contributed by atoms with Crippen LogP contribution in [0.4, 0.5) is 5.82 Å². The third-order valence-corrected chi connectivity index (χ3v) is 3.86. The van der Waals surface area contributed by atoms with Gasteiger partial charge >= 0.3 is 7.12 Å². The van der Waals surface area contributed by atoms with Crippen molar-refractivity contribution in [1.82, 2.24) is 4.98 Å². The van der Waals surface area contributed by atoms with Crippen molar-refractivity contribution in [2.45, 2.75) is 38.9 Å². The fraction of sp³-hybridized carbons (Fsp3) is 0.615. The van der Waals surface area contributed by atoms with Gasteiger partial charge in [0.05, 0.1) is 18.3 Å². The molecule has 2 heterocycles. The van der Waals surface area contributed by atoms with Crippen LogP contribution in [-0.2, 0) is 9.31 Å². The minimum absolute atomic E-state index is 0.355. The van der Waals surface area contributed by atoms with E-state index in [1.807, 2.05) is 33.8 Å². The highest BCUT2D eigenvalue weighted by atomic mass is 16.7. The predicted octanol–water partition coefficient (Wildman–Crippen LogP) is 1.43. The molecule has 0 atom stereocenters. The second kappa shape index (κ2) is 4.69. The summed E-state index contributed by atoms with van der Waals surface area (Å²) >= 11 is 0. The molecule has 0 radical (unpaired) electrons. The van der Waals surface area contributed by atoms with Crippen LogP contribution < -0.4 is 15.5 Å². The van der Waals surface area contributed by atoms with E-state index in [4.69, 9.17) is 14.0 Å². The summed E-state index contributed by atoms with van der Waals surface area (Å²) in [6, 6.07) is 1.89. The Morgan fingerprint density at radius 1 is 1.21 bits per heavy atom. The first-order valence-electron chi connectivity index (χ1n) is 6.38. The van der Waals surface area contributed by atoms with Crippen molar-refractivity contribution in [2.75, 3.05) is 19.5 Å². The standard InChI is InChI=1S/C13H21BN2O3/c1-12(2)13(3,4)19-14(18-12)9-7-10(17-6)11(15-5)16-8-9/h7-8H,1-6H3,(H,15,16). The normalized spacial score (nSPS) is 20.4. The van der Waals surface area contributed by atoms with Gasteiger partial charge in [-0.25, -0.2) is 4.98 Å². The maximum Gasteiger partial charge on any atom is 0.496 e. The molecule has 19 heavy (non-hydrogen) atoms. The topological polar surface area (TPSA) is 52.6 Å². The lowest BCUT2D eigenvalue weighted by Gasteiger charge is -2.32. The summed E-state index contributed by atoms with van der Waals surface area (Å²) in [5.41, 5.74) is 0.147.